The van der Waals surface area contributed by atoms with Gasteiger partial charge in [0.2, 0.25) is 5.91 Å². The Labute approximate surface area is 120 Å². The number of nitrogens with one attached hydrogen (secondary N) is 1. The third-order valence-corrected chi connectivity index (χ3v) is 3.90. The molecule has 1 aliphatic rings. The minimum atomic E-state index is -0.651. The molecule has 1 saturated carbocycles. The molecule has 0 spiro atoms. The number of aryl methyl sites for hydroxylation is 1. The Hall–Kier alpha value is -1.61. The van der Waals surface area contributed by atoms with E-state index in [0.717, 1.165) is 37.7 Å². The van der Waals surface area contributed by atoms with Crippen molar-refractivity contribution in [1.29, 1.82) is 0 Å². The highest BCUT2D eigenvalue weighted by Crippen LogP contribution is 2.30. The van der Waals surface area contributed by atoms with Crippen LogP contribution in [0.5, 0.6) is 0 Å². The summed E-state index contributed by atoms with van der Waals surface area (Å²) >= 11 is 0. The molecule has 0 radical (unpaired) electrons. The molecule has 1 aromatic carbocycles. The van der Waals surface area contributed by atoms with E-state index in [1.807, 2.05) is 25.1 Å². The van der Waals surface area contributed by atoms with Crippen LogP contribution in [0.1, 0.15) is 38.2 Å². The number of benzene rings is 1. The van der Waals surface area contributed by atoms with Crippen molar-refractivity contribution in [3.8, 4) is 0 Å². The topological polar surface area (TPSA) is 49.3 Å². The van der Waals surface area contributed by atoms with E-state index in [9.17, 15) is 9.90 Å². The minimum Gasteiger partial charge on any atom is -0.388 e. The van der Waals surface area contributed by atoms with Crippen molar-refractivity contribution in [1.82, 2.24) is 5.32 Å². The largest absolute Gasteiger partial charge is 0.388 e. The van der Waals surface area contributed by atoms with Gasteiger partial charge in [-0.3, -0.25) is 4.79 Å². The molecule has 0 aliphatic heterocycles. The molecule has 20 heavy (non-hydrogen) atoms. The number of rotatable bonds is 6. The van der Waals surface area contributed by atoms with E-state index in [1.54, 1.807) is 6.08 Å². The lowest BCUT2D eigenvalue weighted by Crippen LogP contribution is -2.47. The summed E-state index contributed by atoms with van der Waals surface area (Å²) in [6.07, 6.45) is 6.11. The van der Waals surface area contributed by atoms with E-state index in [1.165, 1.54) is 5.56 Å². The molecular weight excluding hydrogens is 250 g/mol. The molecule has 0 saturated heterocycles. The Morgan fingerprint density at radius 2 is 2.05 bits per heavy atom. The van der Waals surface area contributed by atoms with Crippen LogP contribution in [0.2, 0.25) is 0 Å². The van der Waals surface area contributed by atoms with Gasteiger partial charge in [0, 0.05) is 12.6 Å². The Morgan fingerprint density at radius 1 is 1.35 bits per heavy atom. The van der Waals surface area contributed by atoms with Crippen LogP contribution < -0.4 is 5.32 Å². The second kappa shape index (κ2) is 6.71. The summed E-state index contributed by atoms with van der Waals surface area (Å²) in [6.45, 7) is 2.34. The van der Waals surface area contributed by atoms with Crippen molar-refractivity contribution in [2.75, 3.05) is 6.54 Å². The smallest absolute Gasteiger partial charge is 0.244 e. The lowest BCUT2D eigenvalue weighted by atomic mass is 9.80. The summed E-state index contributed by atoms with van der Waals surface area (Å²) in [5.41, 5.74) is 1.69. The molecule has 3 heteroatoms. The van der Waals surface area contributed by atoms with Gasteiger partial charge in [-0.1, -0.05) is 35.9 Å². The number of carbonyl (C=O) groups excluding carboxylic acids is 1. The summed E-state index contributed by atoms with van der Waals surface area (Å²) in [7, 11) is 0. The van der Waals surface area contributed by atoms with Crippen LogP contribution in [-0.4, -0.2) is 23.2 Å². The number of hydrogen-bond acceptors (Lipinski definition) is 2. The molecule has 0 unspecified atom stereocenters. The maximum atomic E-state index is 11.8. The van der Waals surface area contributed by atoms with Crippen molar-refractivity contribution >= 4 is 5.91 Å². The summed E-state index contributed by atoms with van der Waals surface area (Å²) in [4.78, 5) is 11.8. The highest BCUT2D eigenvalue weighted by Gasteiger charge is 2.34. The van der Waals surface area contributed by atoms with Gasteiger partial charge in [-0.25, -0.2) is 0 Å². The van der Waals surface area contributed by atoms with Crippen LogP contribution in [-0.2, 0) is 11.2 Å². The molecule has 0 aromatic heterocycles. The second-order valence-electron chi connectivity index (χ2n) is 5.77. The average Bonchev–Trinajstić information content (AvgIpc) is 2.42. The highest BCUT2D eigenvalue weighted by molar-refractivity contribution is 5.88. The van der Waals surface area contributed by atoms with Gasteiger partial charge in [-0.05, 0) is 44.6 Å². The first kappa shape index (κ1) is 14.8. The van der Waals surface area contributed by atoms with Crippen molar-refractivity contribution in [2.24, 2.45) is 0 Å². The van der Waals surface area contributed by atoms with E-state index >= 15 is 0 Å². The Kier molecular flexibility index (Phi) is 4.96. The maximum Gasteiger partial charge on any atom is 0.244 e. The Bertz CT molecular complexity index is 475. The van der Waals surface area contributed by atoms with Gasteiger partial charge in [0.1, 0.15) is 0 Å². The fourth-order valence-electron chi connectivity index (χ4n) is 2.35. The van der Waals surface area contributed by atoms with Gasteiger partial charge < -0.3 is 10.4 Å². The van der Waals surface area contributed by atoms with E-state index in [-0.39, 0.29) is 5.91 Å². The molecule has 1 aromatic rings. The predicted octanol–water partition coefficient (Wildman–Crippen LogP) is 2.60. The van der Waals surface area contributed by atoms with Gasteiger partial charge in [0.15, 0.2) is 0 Å². The molecule has 1 aliphatic carbocycles. The van der Waals surface area contributed by atoms with Gasteiger partial charge in [-0.15, -0.1) is 0 Å². The molecule has 1 amide bonds. The zero-order valence-corrected chi connectivity index (χ0v) is 12.1. The standard InChI is InChI=1S/C17H23NO2/c1-14(8-9-15-6-3-2-4-7-15)12-16(19)18-13-17(20)10-5-11-17/h2-4,6-7,12,20H,5,8-11,13H2,1H3,(H,18,19). The van der Waals surface area contributed by atoms with Gasteiger partial charge in [-0.2, -0.15) is 0 Å². The van der Waals surface area contributed by atoms with Crippen molar-refractivity contribution < 1.29 is 9.90 Å². The molecule has 108 valence electrons. The highest BCUT2D eigenvalue weighted by atomic mass is 16.3. The zero-order chi connectivity index (χ0) is 14.4. The molecular formula is C17H23NO2. The second-order valence-corrected chi connectivity index (χ2v) is 5.77. The van der Waals surface area contributed by atoms with E-state index in [4.69, 9.17) is 0 Å². The average molecular weight is 273 g/mol. The molecule has 0 atom stereocenters. The van der Waals surface area contributed by atoms with Crippen molar-refractivity contribution in [2.45, 2.75) is 44.6 Å². The normalized spacial score (nSPS) is 17.4. The zero-order valence-electron chi connectivity index (χ0n) is 12.1. The first-order valence-corrected chi connectivity index (χ1v) is 7.29. The van der Waals surface area contributed by atoms with Crippen LogP contribution >= 0.6 is 0 Å². The summed E-state index contributed by atoms with van der Waals surface area (Å²) in [5, 5.41) is 12.7. The molecule has 2 rings (SSSR count). The SMILES string of the molecule is CC(=CC(=O)NCC1(O)CCC1)CCc1ccccc1. The van der Waals surface area contributed by atoms with Crippen LogP contribution in [0.15, 0.2) is 42.0 Å². The number of allylic oxidation sites excluding steroid dienone is 1. The van der Waals surface area contributed by atoms with Crippen LogP contribution in [0.3, 0.4) is 0 Å². The van der Waals surface area contributed by atoms with Crippen molar-refractivity contribution in [3.05, 3.63) is 47.5 Å². The summed E-state index contributed by atoms with van der Waals surface area (Å²) < 4.78 is 0. The van der Waals surface area contributed by atoms with Crippen LogP contribution in [0, 0.1) is 0 Å². The molecule has 0 bridgehead atoms. The fraction of sp³-hybridized carbons (Fsp3) is 0.471. The van der Waals surface area contributed by atoms with Crippen molar-refractivity contribution in [3.63, 3.8) is 0 Å². The number of hydrogen-bond donors (Lipinski definition) is 2. The van der Waals surface area contributed by atoms with E-state index in [2.05, 4.69) is 17.4 Å². The quantitative estimate of drug-likeness (QED) is 0.783. The van der Waals surface area contributed by atoms with Crippen LogP contribution in [0.25, 0.3) is 0 Å². The van der Waals surface area contributed by atoms with E-state index in [0.29, 0.717) is 6.54 Å². The minimum absolute atomic E-state index is 0.101. The Morgan fingerprint density at radius 3 is 2.65 bits per heavy atom. The van der Waals surface area contributed by atoms with Gasteiger partial charge >= 0.3 is 0 Å². The summed E-state index contributed by atoms with van der Waals surface area (Å²) in [6, 6.07) is 10.3. The molecule has 1 fully saturated rings. The first-order chi connectivity index (χ1) is 9.57. The van der Waals surface area contributed by atoms with E-state index < -0.39 is 5.60 Å². The lowest BCUT2D eigenvalue weighted by Gasteiger charge is -2.36. The monoisotopic (exact) mass is 273 g/mol. The molecule has 3 nitrogen and oxygen atoms in total. The maximum absolute atomic E-state index is 11.8. The fourth-order valence-corrected chi connectivity index (χ4v) is 2.35. The lowest BCUT2D eigenvalue weighted by molar-refractivity contribution is -0.119. The van der Waals surface area contributed by atoms with Gasteiger partial charge in [0.05, 0.1) is 5.60 Å². The predicted molar refractivity (Wildman–Crippen MR) is 80.3 cm³/mol. The number of amides is 1. The molecule has 0 heterocycles. The summed E-state index contributed by atoms with van der Waals surface area (Å²) in [5.74, 6) is -0.101. The van der Waals surface area contributed by atoms with Crippen LogP contribution in [0.4, 0.5) is 0 Å². The third kappa shape index (κ3) is 4.49. The number of carbonyl (C=O) groups is 1. The number of aliphatic hydroxyl groups is 1. The van der Waals surface area contributed by atoms with Gasteiger partial charge in [0.25, 0.3) is 0 Å². The Balaban J connectivity index is 1.73. The molecule has 2 N–H and O–H groups in total. The third-order valence-electron chi connectivity index (χ3n) is 3.90. The first-order valence-electron chi connectivity index (χ1n) is 7.29.